The second-order valence-electron chi connectivity index (χ2n) is 4.51. The van der Waals surface area contributed by atoms with E-state index < -0.39 is 0 Å². The minimum atomic E-state index is -0.234. The highest BCUT2D eigenvalue weighted by atomic mass is 16.1. The van der Waals surface area contributed by atoms with Crippen molar-refractivity contribution in [2.75, 3.05) is 0 Å². The minimum absolute atomic E-state index is 0.234. The van der Waals surface area contributed by atoms with Gasteiger partial charge in [-0.25, -0.2) is 0 Å². The highest BCUT2D eigenvalue weighted by Crippen LogP contribution is 2.37. The van der Waals surface area contributed by atoms with Gasteiger partial charge in [-0.15, -0.1) is 0 Å². The van der Waals surface area contributed by atoms with Crippen molar-refractivity contribution in [3.8, 4) is 0 Å². The van der Waals surface area contributed by atoms with Crippen molar-refractivity contribution in [2.45, 2.75) is 51.4 Å². The van der Waals surface area contributed by atoms with Crippen LogP contribution in [0.1, 0.15) is 55.5 Å². The van der Waals surface area contributed by atoms with Crippen LogP contribution in [0.2, 0.25) is 0 Å². The first kappa shape index (κ1) is 11.2. The number of aromatic nitrogens is 2. The number of H-pyrrole nitrogens is 1. The number of carbonyl (C=O) groups is 1. The van der Waals surface area contributed by atoms with E-state index in [0.29, 0.717) is 12.3 Å². The van der Waals surface area contributed by atoms with Crippen molar-refractivity contribution in [2.24, 2.45) is 5.73 Å². The summed E-state index contributed by atoms with van der Waals surface area (Å²) in [4.78, 5) is 10.9. The van der Waals surface area contributed by atoms with Crippen LogP contribution >= 0.6 is 0 Å². The average Bonchev–Trinajstić information content (AvgIpc) is 2.55. The summed E-state index contributed by atoms with van der Waals surface area (Å²) in [6.45, 7) is 2.10. The van der Waals surface area contributed by atoms with E-state index in [1.807, 2.05) is 0 Å². The van der Waals surface area contributed by atoms with E-state index in [1.165, 1.54) is 36.2 Å². The van der Waals surface area contributed by atoms with Gasteiger partial charge < -0.3 is 5.73 Å². The molecule has 1 aromatic heterocycles. The number of nitrogens with one attached hydrogen (secondary N) is 1. The number of aryl methyl sites for hydroxylation is 1. The molecule has 1 amide bonds. The van der Waals surface area contributed by atoms with Crippen molar-refractivity contribution < 1.29 is 4.79 Å². The number of hydrogen-bond acceptors (Lipinski definition) is 2. The van der Waals surface area contributed by atoms with Crippen molar-refractivity contribution >= 4 is 5.91 Å². The van der Waals surface area contributed by atoms with Gasteiger partial charge in [0.25, 0.3) is 0 Å². The van der Waals surface area contributed by atoms with E-state index in [1.54, 1.807) is 0 Å². The first-order valence-corrected chi connectivity index (χ1v) is 6.06. The monoisotopic (exact) mass is 221 g/mol. The number of nitrogens with zero attached hydrogens (tertiary/aromatic N) is 1. The maximum atomic E-state index is 10.9. The molecule has 0 atom stereocenters. The fraction of sp³-hybridized carbons (Fsp3) is 0.667. The number of rotatable bonds is 5. The molecule has 1 saturated carbocycles. The Morgan fingerprint density at radius 2 is 2.31 bits per heavy atom. The smallest absolute Gasteiger partial charge is 0.217 e. The van der Waals surface area contributed by atoms with Crippen molar-refractivity contribution in [1.29, 1.82) is 0 Å². The molecule has 1 aliphatic rings. The summed E-state index contributed by atoms with van der Waals surface area (Å²) >= 11 is 0. The SMILES string of the molecule is CCc1[nH]nc(C2CCC2)c1CCC(N)=O. The molecular formula is C12H19N3O. The van der Waals surface area contributed by atoms with Gasteiger partial charge in [0.2, 0.25) is 5.91 Å². The number of hydrogen-bond donors (Lipinski definition) is 2. The number of aromatic amines is 1. The van der Waals surface area contributed by atoms with Crippen LogP contribution in [-0.2, 0) is 17.6 Å². The third kappa shape index (κ3) is 2.10. The topological polar surface area (TPSA) is 71.8 Å². The Bertz CT molecular complexity index is 380. The molecule has 0 radical (unpaired) electrons. The normalized spacial score (nSPS) is 16.1. The van der Waals surface area contributed by atoms with Gasteiger partial charge in [0, 0.05) is 18.0 Å². The highest BCUT2D eigenvalue weighted by Gasteiger charge is 2.26. The molecule has 3 N–H and O–H groups in total. The second kappa shape index (κ2) is 4.68. The Balaban J connectivity index is 2.16. The predicted molar refractivity (Wildman–Crippen MR) is 62.1 cm³/mol. The van der Waals surface area contributed by atoms with Gasteiger partial charge in [-0.2, -0.15) is 5.10 Å². The van der Waals surface area contributed by atoms with E-state index in [9.17, 15) is 4.79 Å². The zero-order valence-electron chi connectivity index (χ0n) is 9.75. The van der Waals surface area contributed by atoms with Gasteiger partial charge in [0.15, 0.2) is 0 Å². The zero-order chi connectivity index (χ0) is 11.5. The fourth-order valence-corrected chi connectivity index (χ4v) is 2.26. The molecule has 4 heteroatoms. The molecule has 4 nitrogen and oxygen atoms in total. The zero-order valence-corrected chi connectivity index (χ0v) is 9.75. The van der Waals surface area contributed by atoms with Crippen LogP contribution in [0.25, 0.3) is 0 Å². The lowest BCUT2D eigenvalue weighted by molar-refractivity contribution is -0.117. The summed E-state index contributed by atoms with van der Waals surface area (Å²) < 4.78 is 0. The molecular weight excluding hydrogens is 202 g/mol. The molecule has 0 spiro atoms. The maximum Gasteiger partial charge on any atom is 0.217 e. The van der Waals surface area contributed by atoms with Crippen LogP contribution in [-0.4, -0.2) is 16.1 Å². The molecule has 2 rings (SSSR count). The van der Waals surface area contributed by atoms with E-state index in [-0.39, 0.29) is 5.91 Å². The molecule has 1 aliphatic carbocycles. The first-order chi connectivity index (χ1) is 7.72. The number of amides is 1. The van der Waals surface area contributed by atoms with Gasteiger partial charge in [-0.05, 0) is 31.2 Å². The summed E-state index contributed by atoms with van der Waals surface area (Å²) in [5, 5.41) is 7.50. The lowest BCUT2D eigenvalue weighted by Gasteiger charge is -2.24. The Labute approximate surface area is 95.6 Å². The molecule has 0 unspecified atom stereocenters. The quantitative estimate of drug-likeness (QED) is 0.793. The van der Waals surface area contributed by atoms with Gasteiger partial charge in [-0.3, -0.25) is 9.89 Å². The van der Waals surface area contributed by atoms with Crippen LogP contribution in [0.3, 0.4) is 0 Å². The summed E-state index contributed by atoms with van der Waals surface area (Å²) in [7, 11) is 0. The highest BCUT2D eigenvalue weighted by molar-refractivity contribution is 5.74. The fourth-order valence-electron chi connectivity index (χ4n) is 2.26. The molecule has 16 heavy (non-hydrogen) atoms. The molecule has 1 aromatic rings. The molecule has 0 aliphatic heterocycles. The van der Waals surface area contributed by atoms with E-state index in [4.69, 9.17) is 5.73 Å². The second-order valence-corrected chi connectivity index (χ2v) is 4.51. The maximum absolute atomic E-state index is 10.9. The summed E-state index contributed by atoms with van der Waals surface area (Å²) in [5.74, 6) is 0.377. The standard InChI is InChI=1S/C12H19N3O/c1-2-10-9(6-7-11(13)16)12(15-14-10)8-4-3-5-8/h8H,2-7H2,1H3,(H2,13,16)(H,14,15). The third-order valence-electron chi connectivity index (χ3n) is 3.45. The predicted octanol–water partition coefficient (Wildman–Crippen LogP) is 1.66. The van der Waals surface area contributed by atoms with Crippen LogP contribution in [0.5, 0.6) is 0 Å². The molecule has 0 aromatic carbocycles. The van der Waals surface area contributed by atoms with Crippen LogP contribution in [0.4, 0.5) is 0 Å². The average molecular weight is 221 g/mol. The molecule has 1 heterocycles. The van der Waals surface area contributed by atoms with Crippen LogP contribution < -0.4 is 5.73 Å². The summed E-state index contributed by atoms with van der Waals surface area (Å²) in [6, 6.07) is 0. The van der Waals surface area contributed by atoms with Crippen molar-refractivity contribution in [3.05, 3.63) is 17.0 Å². The van der Waals surface area contributed by atoms with Gasteiger partial charge in [0.1, 0.15) is 0 Å². The van der Waals surface area contributed by atoms with E-state index in [2.05, 4.69) is 17.1 Å². The Morgan fingerprint density at radius 3 is 2.81 bits per heavy atom. The summed E-state index contributed by atoms with van der Waals surface area (Å²) in [6.07, 6.45) is 5.87. The van der Waals surface area contributed by atoms with E-state index in [0.717, 1.165) is 12.8 Å². The molecule has 1 fully saturated rings. The Morgan fingerprint density at radius 1 is 1.56 bits per heavy atom. The Kier molecular flexibility index (Phi) is 3.27. The van der Waals surface area contributed by atoms with E-state index >= 15 is 0 Å². The number of nitrogens with two attached hydrogens (primary N) is 1. The van der Waals surface area contributed by atoms with Gasteiger partial charge in [0.05, 0.1) is 5.69 Å². The van der Waals surface area contributed by atoms with Gasteiger partial charge in [-0.1, -0.05) is 13.3 Å². The molecule has 0 bridgehead atoms. The van der Waals surface area contributed by atoms with Crippen LogP contribution in [0.15, 0.2) is 0 Å². The lowest BCUT2D eigenvalue weighted by Crippen LogP contribution is -2.15. The molecule has 0 saturated heterocycles. The first-order valence-electron chi connectivity index (χ1n) is 6.06. The summed E-state index contributed by atoms with van der Waals surface area (Å²) in [5.41, 5.74) is 8.80. The van der Waals surface area contributed by atoms with Crippen LogP contribution in [0, 0.1) is 0 Å². The minimum Gasteiger partial charge on any atom is -0.370 e. The number of carbonyl (C=O) groups excluding carboxylic acids is 1. The van der Waals surface area contributed by atoms with Crippen molar-refractivity contribution in [1.82, 2.24) is 10.2 Å². The van der Waals surface area contributed by atoms with Gasteiger partial charge >= 0.3 is 0 Å². The number of primary amides is 1. The Hall–Kier alpha value is -1.32. The van der Waals surface area contributed by atoms with Crippen molar-refractivity contribution in [3.63, 3.8) is 0 Å². The largest absolute Gasteiger partial charge is 0.370 e. The lowest BCUT2D eigenvalue weighted by atomic mass is 9.80. The molecule has 88 valence electrons. The third-order valence-corrected chi connectivity index (χ3v) is 3.45.